The molecule has 1 saturated heterocycles. The molecule has 2 aromatic carbocycles. The fraction of sp³-hybridized carbons (Fsp3) is 0.435. The monoisotopic (exact) mass is 429 g/mol. The molecule has 0 unspecified atom stereocenters. The van der Waals surface area contributed by atoms with Crippen molar-refractivity contribution in [2.24, 2.45) is 0 Å². The summed E-state index contributed by atoms with van der Waals surface area (Å²) < 4.78 is 27.1. The molecule has 0 radical (unpaired) electrons. The predicted molar refractivity (Wildman–Crippen MR) is 120 cm³/mol. The molecular weight excluding hydrogens is 398 g/mol. The zero-order chi connectivity index (χ0) is 21.4. The summed E-state index contributed by atoms with van der Waals surface area (Å²) >= 11 is 0. The van der Waals surface area contributed by atoms with Crippen molar-refractivity contribution < 1.29 is 13.2 Å². The molecule has 0 aliphatic carbocycles. The molecule has 7 heteroatoms. The molecule has 0 atom stereocenters. The maximum absolute atomic E-state index is 13.0. The largest absolute Gasteiger partial charge is 0.352 e. The average molecular weight is 430 g/mol. The number of likely N-dealkylation sites (tertiary alicyclic amines) is 1. The second-order valence-electron chi connectivity index (χ2n) is 7.67. The highest BCUT2D eigenvalue weighted by Gasteiger charge is 2.24. The number of hydrogen-bond donors (Lipinski definition) is 1. The number of amides is 1. The van der Waals surface area contributed by atoms with Crippen LogP contribution in [0.2, 0.25) is 0 Å². The molecule has 1 amide bonds. The minimum atomic E-state index is -3.74. The van der Waals surface area contributed by atoms with Gasteiger partial charge < -0.3 is 10.2 Å². The van der Waals surface area contributed by atoms with E-state index >= 15 is 0 Å². The van der Waals surface area contributed by atoms with Crippen LogP contribution in [-0.2, 0) is 10.0 Å². The van der Waals surface area contributed by atoms with E-state index in [2.05, 4.69) is 10.2 Å². The Morgan fingerprint density at radius 2 is 1.60 bits per heavy atom. The van der Waals surface area contributed by atoms with Crippen LogP contribution in [0.15, 0.2) is 59.5 Å². The average Bonchev–Trinajstić information content (AvgIpc) is 3.05. The van der Waals surface area contributed by atoms with Gasteiger partial charge in [-0.3, -0.25) is 9.10 Å². The molecule has 1 heterocycles. The Morgan fingerprint density at radius 3 is 2.30 bits per heavy atom. The first-order valence-corrected chi connectivity index (χ1v) is 12.1. The van der Waals surface area contributed by atoms with Crippen LogP contribution >= 0.6 is 0 Å². The minimum Gasteiger partial charge on any atom is -0.352 e. The van der Waals surface area contributed by atoms with Crippen molar-refractivity contribution in [1.82, 2.24) is 10.2 Å². The van der Waals surface area contributed by atoms with Crippen LogP contribution in [-0.4, -0.2) is 52.5 Å². The number of carbonyl (C=O) groups excluding carboxylic acids is 1. The van der Waals surface area contributed by atoms with E-state index in [0.717, 1.165) is 26.1 Å². The number of hydrogen-bond acceptors (Lipinski definition) is 4. The van der Waals surface area contributed by atoms with Crippen molar-refractivity contribution >= 4 is 21.6 Å². The van der Waals surface area contributed by atoms with E-state index < -0.39 is 10.0 Å². The Labute approximate surface area is 179 Å². The fourth-order valence-electron chi connectivity index (χ4n) is 3.78. The molecule has 2 aromatic rings. The van der Waals surface area contributed by atoms with Gasteiger partial charge in [-0.2, -0.15) is 0 Å². The third-order valence-corrected chi connectivity index (χ3v) is 7.31. The maximum Gasteiger partial charge on any atom is 0.264 e. The lowest BCUT2D eigenvalue weighted by Crippen LogP contribution is -2.32. The molecule has 6 nitrogen and oxygen atoms in total. The second-order valence-corrected chi connectivity index (χ2v) is 9.64. The molecule has 30 heavy (non-hydrogen) atoms. The van der Waals surface area contributed by atoms with Crippen LogP contribution < -0.4 is 9.62 Å². The Morgan fingerprint density at radius 1 is 0.967 bits per heavy atom. The Balaban J connectivity index is 1.63. The standard InChI is InChI=1S/C23H31N3O3S/c1-25(30(28,29)20-12-5-4-6-13-20)22-15-8-7-14-21(22)23(27)24-16-11-19-26-17-9-2-3-10-18-26/h4-8,12-15H,2-3,9-11,16-19H2,1H3,(H,24,27). The van der Waals surface area contributed by atoms with E-state index in [-0.39, 0.29) is 10.8 Å². The number of anilines is 1. The summed E-state index contributed by atoms with van der Waals surface area (Å²) in [6, 6.07) is 15.1. The van der Waals surface area contributed by atoms with Crippen molar-refractivity contribution in [2.45, 2.75) is 37.0 Å². The summed E-state index contributed by atoms with van der Waals surface area (Å²) in [6.07, 6.45) is 6.00. The molecule has 1 fully saturated rings. The van der Waals surface area contributed by atoms with E-state index in [1.54, 1.807) is 54.6 Å². The van der Waals surface area contributed by atoms with Crippen molar-refractivity contribution in [3.05, 3.63) is 60.2 Å². The summed E-state index contributed by atoms with van der Waals surface area (Å²) in [6.45, 7) is 3.82. The molecule has 0 bridgehead atoms. The first-order chi connectivity index (χ1) is 14.5. The van der Waals surface area contributed by atoms with E-state index in [1.807, 2.05) is 0 Å². The summed E-state index contributed by atoms with van der Waals surface area (Å²) in [7, 11) is -2.26. The van der Waals surface area contributed by atoms with Gasteiger partial charge in [-0.25, -0.2) is 8.42 Å². The van der Waals surface area contributed by atoms with Gasteiger partial charge in [-0.05, 0) is 63.2 Å². The topological polar surface area (TPSA) is 69.7 Å². The van der Waals surface area contributed by atoms with E-state index in [4.69, 9.17) is 0 Å². The van der Waals surface area contributed by atoms with Crippen molar-refractivity contribution in [2.75, 3.05) is 37.5 Å². The van der Waals surface area contributed by atoms with Crippen LogP contribution in [0, 0.1) is 0 Å². The summed E-state index contributed by atoms with van der Waals surface area (Å²) in [5.41, 5.74) is 0.723. The molecule has 162 valence electrons. The normalized spacial score (nSPS) is 15.4. The zero-order valence-electron chi connectivity index (χ0n) is 17.6. The lowest BCUT2D eigenvalue weighted by atomic mass is 10.1. The number of sulfonamides is 1. The molecular formula is C23H31N3O3S. The number of carbonyl (C=O) groups is 1. The van der Waals surface area contributed by atoms with Gasteiger partial charge in [0.2, 0.25) is 0 Å². The van der Waals surface area contributed by atoms with Crippen molar-refractivity contribution in [3.63, 3.8) is 0 Å². The summed E-state index contributed by atoms with van der Waals surface area (Å²) in [5, 5.41) is 2.95. The number of benzene rings is 2. The van der Waals surface area contributed by atoms with Gasteiger partial charge in [0.25, 0.3) is 15.9 Å². The van der Waals surface area contributed by atoms with Gasteiger partial charge in [0.15, 0.2) is 0 Å². The molecule has 0 spiro atoms. The van der Waals surface area contributed by atoms with Gasteiger partial charge in [-0.1, -0.05) is 43.2 Å². The minimum absolute atomic E-state index is 0.195. The fourth-order valence-corrected chi connectivity index (χ4v) is 5.02. The van der Waals surface area contributed by atoms with Gasteiger partial charge in [-0.15, -0.1) is 0 Å². The first kappa shape index (κ1) is 22.3. The Hall–Kier alpha value is -2.38. The molecule has 1 aliphatic heterocycles. The first-order valence-electron chi connectivity index (χ1n) is 10.6. The summed E-state index contributed by atoms with van der Waals surface area (Å²) in [5.74, 6) is -0.253. The molecule has 3 rings (SSSR count). The van der Waals surface area contributed by atoms with Crippen LogP contribution in [0.1, 0.15) is 42.5 Å². The highest BCUT2D eigenvalue weighted by Crippen LogP contribution is 2.25. The van der Waals surface area contributed by atoms with Gasteiger partial charge >= 0.3 is 0 Å². The van der Waals surface area contributed by atoms with Gasteiger partial charge in [0.05, 0.1) is 16.1 Å². The maximum atomic E-state index is 13.0. The number of para-hydroxylation sites is 1. The Bertz CT molecular complexity index is 924. The van der Waals surface area contributed by atoms with Gasteiger partial charge in [0, 0.05) is 13.6 Å². The van der Waals surface area contributed by atoms with Crippen molar-refractivity contribution in [1.29, 1.82) is 0 Å². The number of rotatable bonds is 8. The highest BCUT2D eigenvalue weighted by molar-refractivity contribution is 7.92. The molecule has 1 N–H and O–H groups in total. The van der Waals surface area contributed by atoms with E-state index in [9.17, 15) is 13.2 Å². The molecule has 1 aliphatic rings. The van der Waals surface area contributed by atoms with E-state index in [1.165, 1.54) is 37.0 Å². The Kier molecular flexibility index (Phi) is 7.87. The van der Waals surface area contributed by atoms with Crippen LogP contribution in [0.3, 0.4) is 0 Å². The number of nitrogens with one attached hydrogen (secondary N) is 1. The lowest BCUT2D eigenvalue weighted by molar-refractivity contribution is 0.0952. The van der Waals surface area contributed by atoms with E-state index in [0.29, 0.717) is 17.8 Å². The quantitative estimate of drug-likeness (QED) is 0.652. The lowest BCUT2D eigenvalue weighted by Gasteiger charge is -2.22. The molecule has 0 aromatic heterocycles. The predicted octanol–water partition coefficient (Wildman–Crippen LogP) is 3.51. The SMILES string of the molecule is CN(c1ccccc1C(=O)NCCCN1CCCCCC1)S(=O)(=O)c1ccccc1. The third kappa shape index (κ3) is 5.61. The smallest absolute Gasteiger partial charge is 0.264 e. The zero-order valence-corrected chi connectivity index (χ0v) is 18.4. The number of nitrogens with zero attached hydrogens (tertiary/aromatic N) is 2. The van der Waals surface area contributed by atoms with Crippen LogP contribution in [0.5, 0.6) is 0 Å². The highest BCUT2D eigenvalue weighted by atomic mass is 32.2. The molecule has 0 saturated carbocycles. The van der Waals surface area contributed by atoms with Gasteiger partial charge in [0.1, 0.15) is 0 Å². The third-order valence-electron chi connectivity index (χ3n) is 5.52. The van der Waals surface area contributed by atoms with Crippen LogP contribution in [0.4, 0.5) is 5.69 Å². The van der Waals surface area contributed by atoms with Crippen molar-refractivity contribution in [3.8, 4) is 0 Å². The van der Waals surface area contributed by atoms with Crippen LogP contribution in [0.25, 0.3) is 0 Å². The second kappa shape index (κ2) is 10.6. The summed E-state index contributed by atoms with van der Waals surface area (Å²) in [4.78, 5) is 15.5.